The van der Waals surface area contributed by atoms with E-state index in [4.69, 9.17) is 17.4 Å². The topological polar surface area (TPSA) is 84.9 Å². The quantitative estimate of drug-likeness (QED) is 0.594. The third-order valence-electron chi connectivity index (χ3n) is 2.95. The molecule has 2 aromatic rings. The van der Waals surface area contributed by atoms with Crippen LogP contribution in [0.1, 0.15) is 17.3 Å². The molecule has 0 amide bonds. The van der Waals surface area contributed by atoms with Crippen LogP contribution in [0, 0.1) is 0 Å². The number of aromatic nitrogens is 4. The van der Waals surface area contributed by atoms with Crippen LogP contribution in [0.5, 0.6) is 0 Å². The van der Waals surface area contributed by atoms with Gasteiger partial charge in [0.2, 0.25) is 0 Å². The van der Waals surface area contributed by atoms with Crippen molar-refractivity contribution >= 4 is 11.6 Å². The van der Waals surface area contributed by atoms with Crippen molar-refractivity contribution in [2.45, 2.75) is 12.6 Å². The first kappa shape index (κ1) is 14.9. The lowest BCUT2D eigenvalue weighted by Gasteiger charge is -2.19. The summed E-state index contributed by atoms with van der Waals surface area (Å²) >= 11 is 6.25. The molecule has 0 fully saturated rings. The summed E-state index contributed by atoms with van der Waals surface area (Å²) < 4.78 is 1.85. The Morgan fingerprint density at radius 3 is 2.65 bits per heavy atom. The Kier molecular flexibility index (Phi) is 5.02. The van der Waals surface area contributed by atoms with E-state index in [1.807, 2.05) is 18.8 Å². The van der Waals surface area contributed by atoms with E-state index in [-0.39, 0.29) is 6.04 Å². The largest absolute Gasteiger partial charge is 0.308 e. The molecule has 20 heavy (non-hydrogen) atoms. The zero-order valence-corrected chi connectivity index (χ0v) is 12.2. The lowest BCUT2D eigenvalue weighted by molar-refractivity contribution is 0.365. The van der Waals surface area contributed by atoms with Crippen molar-refractivity contribution < 1.29 is 0 Å². The minimum Gasteiger partial charge on any atom is -0.308 e. The number of likely N-dealkylation sites (N-methyl/N-ethyl adjacent to an activating group) is 1. The Labute approximate surface area is 122 Å². The Morgan fingerprint density at radius 1 is 1.35 bits per heavy atom. The van der Waals surface area contributed by atoms with E-state index in [1.165, 1.54) is 6.33 Å². The zero-order chi connectivity index (χ0) is 14.5. The molecule has 2 heterocycles. The Balaban J connectivity index is 2.32. The molecule has 0 aliphatic carbocycles. The summed E-state index contributed by atoms with van der Waals surface area (Å²) in [5, 5.41) is 4.87. The monoisotopic (exact) mass is 295 g/mol. The Hall–Kier alpha value is -1.54. The second-order valence-electron chi connectivity index (χ2n) is 4.68. The summed E-state index contributed by atoms with van der Waals surface area (Å²) in [5.41, 5.74) is 4.40. The van der Waals surface area contributed by atoms with Gasteiger partial charge >= 0.3 is 0 Å². The molecule has 0 aliphatic rings. The van der Waals surface area contributed by atoms with Gasteiger partial charge in [0.1, 0.15) is 6.33 Å². The summed E-state index contributed by atoms with van der Waals surface area (Å²) in [6.07, 6.45) is 6.51. The lowest BCUT2D eigenvalue weighted by Crippen LogP contribution is -2.32. The second-order valence-corrected chi connectivity index (χ2v) is 5.08. The van der Waals surface area contributed by atoms with Crippen molar-refractivity contribution in [2.24, 2.45) is 5.84 Å². The van der Waals surface area contributed by atoms with Crippen LogP contribution in [-0.4, -0.2) is 45.3 Å². The molecule has 3 N–H and O–H groups in total. The molecule has 0 spiro atoms. The van der Waals surface area contributed by atoms with E-state index in [0.29, 0.717) is 5.02 Å². The van der Waals surface area contributed by atoms with Gasteiger partial charge in [-0.25, -0.2) is 15.4 Å². The van der Waals surface area contributed by atoms with Crippen molar-refractivity contribution in [3.8, 4) is 0 Å². The average Bonchev–Trinajstić information content (AvgIpc) is 2.80. The fourth-order valence-corrected chi connectivity index (χ4v) is 2.17. The lowest BCUT2D eigenvalue weighted by atomic mass is 10.1. The summed E-state index contributed by atoms with van der Waals surface area (Å²) in [5.74, 6) is 5.67. The summed E-state index contributed by atoms with van der Waals surface area (Å²) in [6.45, 7) is 1.58. The third kappa shape index (κ3) is 3.31. The molecule has 8 heteroatoms. The number of hydrogen-bond acceptors (Lipinski definition) is 6. The van der Waals surface area contributed by atoms with Gasteiger partial charge in [0, 0.05) is 24.5 Å². The predicted octanol–water partition coefficient (Wildman–Crippen LogP) is 0.441. The summed E-state index contributed by atoms with van der Waals surface area (Å²) in [4.78, 5) is 10.1. The van der Waals surface area contributed by atoms with Crippen LogP contribution >= 0.6 is 11.6 Å². The van der Waals surface area contributed by atoms with Gasteiger partial charge in [-0.05, 0) is 14.1 Å². The minimum atomic E-state index is -0.298. The minimum absolute atomic E-state index is 0.298. The highest BCUT2D eigenvalue weighted by Gasteiger charge is 2.21. The number of hydrogen-bond donors (Lipinski definition) is 2. The highest BCUT2D eigenvalue weighted by molar-refractivity contribution is 6.31. The molecule has 0 saturated carbocycles. The summed E-state index contributed by atoms with van der Waals surface area (Å²) in [6, 6.07) is -0.298. The average molecular weight is 296 g/mol. The van der Waals surface area contributed by atoms with E-state index >= 15 is 0 Å². The maximum atomic E-state index is 6.25. The van der Waals surface area contributed by atoms with E-state index < -0.39 is 0 Å². The van der Waals surface area contributed by atoms with Crippen LogP contribution in [0.4, 0.5) is 0 Å². The maximum absolute atomic E-state index is 6.25. The Morgan fingerprint density at radius 2 is 2.05 bits per heavy atom. The molecule has 0 radical (unpaired) electrons. The van der Waals surface area contributed by atoms with E-state index in [9.17, 15) is 0 Å². The van der Waals surface area contributed by atoms with Gasteiger partial charge in [0.05, 0.1) is 29.5 Å². The smallest absolute Gasteiger partial charge is 0.115 e. The van der Waals surface area contributed by atoms with Gasteiger partial charge in [-0.3, -0.25) is 10.5 Å². The predicted molar refractivity (Wildman–Crippen MR) is 77.0 cm³/mol. The van der Waals surface area contributed by atoms with E-state index in [0.717, 1.165) is 24.3 Å². The molecular formula is C12H18ClN7. The highest BCUT2D eigenvalue weighted by atomic mass is 35.5. The van der Waals surface area contributed by atoms with Gasteiger partial charge in [-0.15, -0.1) is 0 Å². The molecule has 0 aromatic carbocycles. The fourth-order valence-electron chi connectivity index (χ4n) is 1.92. The molecule has 0 bridgehead atoms. The number of hydrazine groups is 1. The van der Waals surface area contributed by atoms with Crippen molar-refractivity contribution in [3.63, 3.8) is 0 Å². The fraction of sp³-hybridized carbons (Fsp3) is 0.417. The van der Waals surface area contributed by atoms with Crippen molar-refractivity contribution in [1.82, 2.24) is 30.1 Å². The maximum Gasteiger partial charge on any atom is 0.115 e. The molecule has 2 aromatic heterocycles. The molecule has 0 saturated heterocycles. The highest BCUT2D eigenvalue weighted by Crippen LogP contribution is 2.26. The van der Waals surface area contributed by atoms with Crippen LogP contribution in [-0.2, 0) is 6.54 Å². The van der Waals surface area contributed by atoms with Crippen LogP contribution in [0.3, 0.4) is 0 Å². The number of rotatable bonds is 6. The van der Waals surface area contributed by atoms with Gasteiger partial charge in [0.15, 0.2) is 0 Å². The van der Waals surface area contributed by atoms with Crippen LogP contribution in [0.25, 0.3) is 0 Å². The van der Waals surface area contributed by atoms with E-state index in [2.05, 4.69) is 25.4 Å². The zero-order valence-electron chi connectivity index (χ0n) is 11.5. The summed E-state index contributed by atoms with van der Waals surface area (Å²) in [7, 11) is 4.02. The molecule has 1 atom stereocenters. The third-order valence-corrected chi connectivity index (χ3v) is 3.24. The molecule has 0 aliphatic heterocycles. The van der Waals surface area contributed by atoms with Gasteiger partial charge < -0.3 is 4.90 Å². The van der Waals surface area contributed by atoms with Crippen molar-refractivity contribution in [3.05, 3.63) is 41.2 Å². The van der Waals surface area contributed by atoms with Gasteiger partial charge in [-0.2, -0.15) is 5.10 Å². The molecular weight excluding hydrogens is 278 g/mol. The first-order valence-electron chi connectivity index (χ1n) is 6.20. The number of nitrogens with one attached hydrogen (secondary N) is 1. The number of halogens is 1. The standard InChI is InChI=1S/C12H18ClN7/c1-19(2)3-4-20-12(10(13)7-17-20)11(18-14)9-5-15-8-16-6-9/h5-8,11,18H,3-4,14H2,1-2H3. The normalized spacial score (nSPS) is 12.8. The van der Waals surface area contributed by atoms with Crippen LogP contribution < -0.4 is 11.3 Å². The molecule has 108 valence electrons. The Bertz CT molecular complexity index is 540. The number of nitrogens with zero attached hydrogens (tertiary/aromatic N) is 5. The molecule has 2 rings (SSSR count). The van der Waals surface area contributed by atoms with Gasteiger partial charge in [-0.1, -0.05) is 11.6 Å². The second kappa shape index (κ2) is 6.76. The first-order chi connectivity index (χ1) is 9.63. The van der Waals surface area contributed by atoms with E-state index in [1.54, 1.807) is 18.6 Å². The molecule has 7 nitrogen and oxygen atoms in total. The van der Waals surface area contributed by atoms with Crippen molar-refractivity contribution in [2.75, 3.05) is 20.6 Å². The van der Waals surface area contributed by atoms with Crippen LogP contribution in [0.15, 0.2) is 24.9 Å². The van der Waals surface area contributed by atoms with Gasteiger partial charge in [0.25, 0.3) is 0 Å². The molecule has 1 unspecified atom stereocenters. The SMILES string of the molecule is CN(C)CCn1ncc(Cl)c1C(NN)c1cncnc1. The van der Waals surface area contributed by atoms with Crippen molar-refractivity contribution in [1.29, 1.82) is 0 Å². The number of nitrogens with two attached hydrogens (primary N) is 1. The first-order valence-corrected chi connectivity index (χ1v) is 6.58. The van der Waals surface area contributed by atoms with Crippen LogP contribution in [0.2, 0.25) is 5.02 Å².